The Morgan fingerprint density at radius 2 is 2.12 bits per heavy atom. The molecular formula is C12H16BrNO2. The van der Waals surface area contributed by atoms with Crippen molar-refractivity contribution in [2.24, 2.45) is 0 Å². The van der Waals surface area contributed by atoms with Crippen LogP contribution >= 0.6 is 15.9 Å². The lowest BCUT2D eigenvalue weighted by Gasteiger charge is -2.05. The van der Waals surface area contributed by atoms with E-state index < -0.39 is 0 Å². The molecule has 0 heterocycles. The number of hydrogen-bond acceptors (Lipinski definition) is 3. The smallest absolute Gasteiger partial charge is 0.306 e. The maximum atomic E-state index is 10.8. The third kappa shape index (κ3) is 4.77. The molecule has 0 atom stereocenters. The second kappa shape index (κ2) is 7.41. The number of methoxy groups -OCH3 is 1. The SMILES string of the molecule is COC(=O)CCNCCc1ccccc1Br. The number of halogens is 1. The lowest BCUT2D eigenvalue weighted by atomic mass is 10.1. The predicted octanol–water partition coefficient (Wildman–Crippen LogP) is 2.14. The molecular weight excluding hydrogens is 270 g/mol. The number of esters is 1. The Hall–Kier alpha value is -0.870. The molecule has 0 spiro atoms. The van der Waals surface area contributed by atoms with Gasteiger partial charge in [-0.2, -0.15) is 0 Å². The Labute approximate surface area is 104 Å². The Morgan fingerprint density at radius 3 is 2.81 bits per heavy atom. The molecule has 4 heteroatoms. The van der Waals surface area contributed by atoms with Crippen molar-refractivity contribution in [1.82, 2.24) is 5.32 Å². The van der Waals surface area contributed by atoms with Gasteiger partial charge in [-0.15, -0.1) is 0 Å². The highest BCUT2D eigenvalue weighted by molar-refractivity contribution is 9.10. The van der Waals surface area contributed by atoms with Gasteiger partial charge in [-0.1, -0.05) is 34.1 Å². The van der Waals surface area contributed by atoms with Crippen LogP contribution in [0.15, 0.2) is 28.7 Å². The zero-order valence-electron chi connectivity index (χ0n) is 9.33. The standard InChI is InChI=1S/C12H16BrNO2/c1-16-12(15)7-9-14-8-6-10-4-2-3-5-11(10)13/h2-5,14H,6-9H2,1H3. The third-order valence-corrected chi connectivity index (χ3v) is 3.04. The van der Waals surface area contributed by atoms with Crippen LogP contribution in [0.2, 0.25) is 0 Å². The first kappa shape index (κ1) is 13.2. The van der Waals surface area contributed by atoms with E-state index in [2.05, 4.69) is 32.0 Å². The van der Waals surface area contributed by atoms with Crippen LogP contribution in [0.1, 0.15) is 12.0 Å². The van der Waals surface area contributed by atoms with E-state index >= 15 is 0 Å². The molecule has 0 aliphatic rings. The molecule has 0 aliphatic carbocycles. The van der Waals surface area contributed by atoms with E-state index in [1.807, 2.05) is 18.2 Å². The number of benzene rings is 1. The van der Waals surface area contributed by atoms with Crippen LogP contribution < -0.4 is 5.32 Å². The minimum atomic E-state index is -0.173. The Bertz CT molecular complexity index is 342. The van der Waals surface area contributed by atoms with Crippen molar-refractivity contribution in [2.45, 2.75) is 12.8 Å². The van der Waals surface area contributed by atoms with Crippen LogP contribution in [0.25, 0.3) is 0 Å². The summed E-state index contributed by atoms with van der Waals surface area (Å²) in [5.74, 6) is -0.173. The largest absolute Gasteiger partial charge is 0.469 e. The first-order valence-electron chi connectivity index (χ1n) is 5.25. The number of carbonyl (C=O) groups excluding carboxylic acids is 1. The molecule has 0 saturated carbocycles. The molecule has 0 unspecified atom stereocenters. The van der Waals surface area contributed by atoms with Crippen molar-refractivity contribution < 1.29 is 9.53 Å². The predicted molar refractivity (Wildman–Crippen MR) is 67.3 cm³/mol. The molecule has 0 bridgehead atoms. The Kier molecular flexibility index (Phi) is 6.11. The summed E-state index contributed by atoms with van der Waals surface area (Å²) in [5, 5.41) is 3.20. The van der Waals surface area contributed by atoms with E-state index in [4.69, 9.17) is 0 Å². The molecule has 3 nitrogen and oxygen atoms in total. The number of nitrogens with one attached hydrogen (secondary N) is 1. The van der Waals surface area contributed by atoms with E-state index in [9.17, 15) is 4.79 Å². The van der Waals surface area contributed by atoms with Crippen molar-refractivity contribution in [3.8, 4) is 0 Å². The highest BCUT2D eigenvalue weighted by Gasteiger charge is 2.00. The van der Waals surface area contributed by atoms with Gasteiger partial charge < -0.3 is 10.1 Å². The minimum absolute atomic E-state index is 0.173. The van der Waals surface area contributed by atoms with Crippen LogP contribution in [0.3, 0.4) is 0 Å². The number of hydrogen-bond donors (Lipinski definition) is 1. The molecule has 0 aromatic heterocycles. The van der Waals surface area contributed by atoms with Gasteiger partial charge in [0.15, 0.2) is 0 Å². The zero-order chi connectivity index (χ0) is 11.8. The quantitative estimate of drug-likeness (QED) is 0.643. The number of rotatable bonds is 6. The van der Waals surface area contributed by atoms with E-state index in [0.29, 0.717) is 13.0 Å². The fourth-order valence-electron chi connectivity index (χ4n) is 1.34. The zero-order valence-corrected chi connectivity index (χ0v) is 10.9. The molecule has 0 fully saturated rings. The highest BCUT2D eigenvalue weighted by atomic mass is 79.9. The first-order chi connectivity index (χ1) is 7.74. The first-order valence-corrected chi connectivity index (χ1v) is 6.04. The highest BCUT2D eigenvalue weighted by Crippen LogP contribution is 2.15. The van der Waals surface area contributed by atoms with Gasteiger partial charge in [-0.3, -0.25) is 4.79 Å². The number of carbonyl (C=O) groups is 1. The van der Waals surface area contributed by atoms with Crippen molar-refractivity contribution in [1.29, 1.82) is 0 Å². The van der Waals surface area contributed by atoms with Gasteiger partial charge >= 0.3 is 5.97 Å². The second-order valence-corrected chi connectivity index (χ2v) is 4.27. The fraction of sp³-hybridized carbons (Fsp3) is 0.417. The minimum Gasteiger partial charge on any atom is -0.469 e. The molecule has 88 valence electrons. The average molecular weight is 286 g/mol. The van der Waals surface area contributed by atoms with E-state index in [0.717, 1.165) is 17.4 Å². The summed E-state index contributed by atoms with van der Waals surface area (Å²) in [6.45, 7) is 1.52. The number of ether oxygens (including phenoxy) is 1. The summed E-state index contributed by atoms with van der Waals surface area (Å²) < 4.78 is 5.68. The summed E-state index contributed by atoms with van der Waals surface area (Å²) >= 11 is 3.50. The van der Waals surface area contributed by atoms with Crippen molar-refractivity contribution in [3.63, 3.8) is 0 Å². The summed E-state index contributed by atoms with van der Waals surface area (Å²) in [6.07, 6.45) is 1.37. The summed E-state index contributed by atoms with van der Waals surface area (Å²) in [5.41, 5.74) is 1.27. The monoisotopic (exact) mass is 285 g/mol. The molecule has 0 aliphatic heterocycles. The van der Waals surface area contributed by atoms with Gasteiger partial charge in [-0.05, 0) is 24.6 Å². The van der Waals surface area contributed by atoms with Crippen molar-refractivity contribution >= 4 is 21.9 Å². The molecule has 16 heavy (non-hydrogen) atoms. The molecule has 0 radical (unpaired) electrons. The van der Waals surface area contributed by atoms with Gasteiger partial charge in [-0.25, -0.2) is 0 Å². The Balaban J connectivity index is 2.17. The van der Waals surface area contributed by atoms with Crippen LogP contribution in [0.5, 0.6) is 0 Å². The maximum Gasteiger partial charge on any atom is 0.306 e. The van der Waals surface area contributed by atoms with Crippen LogP contribution in [0, 0.1) is 0 Å². The third-order valence-electron chi connectivity index (χ3n) is 2.26. The van der Waals surface area contributed by atoms with E-state index in [1.54, 1.807) is 0 Å². The normalized spacial score (nSPS) is 10.1. The molecule has 1 N–H and O–H groups in total. The summed E-state index contributed by atoms with van der Waals surface area (Å²) in [7, 11) is 1.41. The molecule has 1 aromatic carbocycles. The maximum absolute atomic E-state index is 10.8. The van der Waals surface area contributed by atoms with Gasteiger partial charge in [0.05, 0.1) is 13.5 Å². The molecule has 0 amide bonds. The van der Waals surface area contributed by atoms with Crippen LogP contribution in [-0.2, 0) is 16.0 Å². The average Bonchev–Trinajstić information content (AvgIpc) is 2.30. The van der Waals surface area contributed by atoms with Gasteiger partial charge in [0.1, 0.15) is 0 Å². The second-order valence-electron chi connectivity index (χ2n) is 3.42. The summed E-state index contributed by atoms with van der Waals surface area (Å²) in [6, 6.07) is 8.14. The van der Waals surface area contributed by atoms with Crippen LogP contribution in [-0.4, -0.2) is 26.2 Å². The van der Waals surface area contributed by atoms with Crippen LogP contribution in [0.4, 0.5) is 0 Å². The lowest BCUT2D eigenvalue weighted by Crippen LogP contribution is -2.21. The molecule has 0 saturated heterocycles. The Morgan fingerprint density at radius 1 is 1.38 bits per heavy atom. The fourth-order valence-corrected chi connectivity index (χ4v) is 1.82. The molecule has 1 aromatic rings. The topological polar surface area (TPSA) is 38.3 Å². The van der Waals surface area contributed by atoms with E-state index in [1.165, 1.54) is 12.7 Å². The van der Waals surface area contributed by atoms with Crippen molar-refractivity contribution in [2.75, 3.05) is 20.2 Å². The van der Waals surface area contributed by atoms with Crippen molar-refractivity contribution in [3.05, 3.63) is 34.3 Å². The lowest BCUT2D eigenvalue weighted by molar-refractivity contribution is -0.140. The molecule has 1 rings (SSSR count). The van der Waals surface area contributed by atoms with Gasteiger partial charge in [0.2, 0.25) is 0 Å². The van der Waals surface area contributed by atoms with Gasteiger partial charge in [0.25, 0.3) is 0 Å². The van der Waals surface area contributed by atoms with Gasteiger partial charge in [0, 0.05) is 11.0 Å². The summed E-state index contributed by atoms with van der Waals surface area (Å²) in [4.78, 5) is 10.8. The van der Waals surface area contributed by atoms with E-state index in [-0.39, 0.29) is 5.97 Å².